The van der Waals surface area contributed by atoms with Crippen LogP contribution in [0.25, 0.3) is 0 Å². The van der Waals surface area contributed by atoms with Crippen molar-refractivity contribution >= 4 is 17.5 Å². The Morgan fingerprint density at radius 2 is 1.86 bits per heavy atom. The summed E-state index contributed by atoms with van der Waals surface area (Å²) in [4.78, 5) is 8.93. The summed E-state index contributed by atoms with van der Waals surface area (Å²) < 4.78 is 5.15. The Hall–Kier alpha value is -2.30. The predicted octanol–water partition coefficient (Wildman–Crippen LogP) is 4.14. The number of hydrogen-bond donors (Lipinski definition) is 2. The van der Waals surface area contributed by atoms with E-state index >= 15 is 0 Å². The summed E-state index contributed by atoms with van der Waals surface area (Å²) in [5.41, 5.74) is 1.87. The third-order valence-corrected chi connectivity index (χ3v) is 3.29. The molecule has 0 saturated carbocycles. The van der Waals surface area contributed by atoms with Gasteiger partial charge in [0.15, 0.2) is 0 Å². The first-order valence-electron chi connectivity index (χ1n) is 7.72. The minimum absolute atomic E-state index is 0.600. The van der Waals surface area contributed by atoms with Crippen molar-refractivity contribution in [2.24, 2.45) is 0 Å². The maximum atomic E-state index is 5.15. The van der Waals surface area contributed by atoms with Crippen LogP contribution in [0.4, 0.5) is 17.5 Å². The first kappa shape index (κ1) is 16.1. The highest BCUT2D eigenvalue weighted by molar-refractivity contribution is 5.56. The van der Waals surface area contributed by atoms with E-state index in [0.29, 0.717) is 5.95 Å². The molecule has 22 heavy (non-hydrogen) atoms. The zero-order chi connectivity index (χ0) is 15.8. The molecular formula is C17H24N4O. The number of unbranched alkanes of at least 4 members (excludes halogenated alkanes) is 2. The number of nitrogens with one attached hydrogen (secondary N) is 2. The van der Waals surface area contributed by atoms with Gasteiger partial charge in [0.1, 0.15) is 11.6 Å². The van der Waals surface area contributed by atoms with Gasteiger partial charge in [-0.2, -0.15) is 4.98 Å². The van der Waals surface area contributed by atoms with Crippen LogP contribution >= 0.6 is 0 Å². The molecule has 2 rings (SSSR count). The SMILES string of the molecule is CCCCCNc1cc(C)nc(Nc2ccc(OC)cc2)n1. The fourth-order valence-corrected chi connectivity index (χ4v) is 2.11. The fraction of sp³-hybridized carbons (Fsp3) is 0.412. The third kappa shape index (κ3) is 4.91. The Bertz CT molecular complexity index is 584. The van der Waals surface area contributed by atoms with Gasteiger partial charge >= 0.3 is 0 Å². The lowest BCUT2D eigenvalue weighted by Crippen LogP contribution is -2.06. The zero-order valence-corrected chi connectivity index (χ0v) is 13.5. The molecule has 0 unspecified atom stereocenters. The molecule has 0 aliphatic rings. The molecule has 1 aromatic heterocycles. The summed E-state index contributed by atoms with van der Waals surface area (Å²) in [6.45, 7) is 5.11. The van der Waals surface area contributed by atoms with Gasteiger partial charge < -0.3 is 15.4 Å². The number of hydrogen-bond acceptors (Lipinski definition) is 5. The average molecular weight is 300 g/mol. The molecule has 0 saturated heterocycles. The normalized spacial score (nSPS) is 10.3. The number of anilines is 3. The van der Waals surface area contributed by atoms with Crippen LogP contribution in [0.1, 0.15) is 31.9 Å². The number of nitrogens with zero attached hydrogens (tertiary/aromatic N) is 2. The summed E-state index contributed by atoms with van der Waals surface area (Å²) >= 11 is 0. The Balaban J connectivity index is 2.01. The highest BCUT2D eigenvalue weighted by Crippen LogP contribution is 2.19. The van der Waals surface area contributed by atoms with Gasteiger partial charge in [-0.1, -0.05) is 19.8 Å². The molecule has 0 aliphatic carbocycles. The fourth-order valence-electron chi connectivity index (χ4n) is 2.11. The van der Waals surface area contributed by atoms with Gasteiger partial charge in [0.25, 0.3) is 0 Å². The summed E-state index contributed by atoms with van der Waals surface area (Å²) in [5, 5.41) is 6.57. The molecule has 0 radical (unpaired) electrons. The van der Waals surface area contributed by atoms with E-state index in [1.807, 2.05) is 37.3 Å². The molecule has 2 aromatic rings. The maximum absolute atomic E-state index is 5.15. The van der Waals surface area contributed by atoms with Crippen LogP contribution in [0, 0.1) is 6.92 Å². The minimum Gasteiger partial charge on any atom is -0.497 e. The van der Waals surface area contributed by atoms with Crippen molar-refractivity contribution in [3.8, 4) is 5.75 Å². The van der Waals surface area contributed by atoms with Gasteiger partial charge in [-0.25, -0.2) is 4.98 Å². The molecule has 1 heterocycles. The van der Waals surface area contributed by atoms with Crippen molar-refractivity contribution in [3.05, 3.63) is 36.0 Å². The van der Waals surface area contributed by atoms with E-state index in [9.17, 15) is 0 Å². The topological polar surface area (TPSA) is 59.1 Å². The van der Waals surface area contributed by atoms with E-state index in [1.165, 1.54) is 12.8 Å². The molecule has 1 aromatic carbocycles. The summed E-state index contributed by atoms with van der Waals surface area (Å²) in [6.07, 6.45) is 3.60. The van der Waals surface area contributed by atoms with Crippen LogP contribution in [-0.2, 0) is 0 Å². The molecule has 0 spiro atoms. The largest absolute Gasteiger partial charge is 0.497 e. The van der Waals surface area contributed by atoms with Crippen molar-refractivity contribution in [2.75, 3.05) is 24.3 Å². The first-order valence-corrected chi connectivity index (χ1v) is 7.72. The predicted molar refractivity (Wildman–Crippen MR) is 91.1 cm³/mol. The lowest BCUT2D eigenvalue weighted by atomic mass is 10.2. The van der Waals surface area contributed by atoms with E-state index in [4.69, 9.17) is 4.74 Å². The quantitative estimate of drug-likeness (QED) is 0.718. The van der Waals surface area contributed by atoms with E-state index in [0.717, 1.165) is 35.9 Å². The Kier molecular flexibility index (Phi) is 6.01. The van der Waals surface area contributed by atoms with Crippen LogP contribution in [0.2, 0.25) is 0 Å². The number of aryl methyl sites for hydroxylation is 1. The highest BCUT2D eigenvalue weighted by Gasteiger charge is 2.03. The molecule has 0 fully saturated rings. The second-order valence-electron chi connectivity index (χ2n) is 5.21. The van der Waals surface area contributed by atoms with E-state index in [2.05, 4.69) is 27.5 Å². The Morgan fingerprint density at radius 1 is 1.09 bits per heavy atom. The first-order chi connectivity index (χ1) is 10.7. The van der Waals surface area contributed by atoms with E-state index < -0.39 is 0 Å². The van der Waals surface area contributed by atoms with Crippen LogP contribution in [0.5, 0.6) is 5.75 Å². The lowest BCUT2D eigenvalue weighted by molar-refractivity contribution is 0.415. The molecule has 0 aliphatic heterocycles. The van der Waals surface area contributed by atoms with Crippen LogP contribution in [0.15, 0.2) is 30.3 Å². The van der Waals surface area contributed by atoms with Crippen LogP contribution < -0.4 is 15.4 Å². The summed E-state index contributed by atoms with van der Waals surface area (Å²) in [6, 6.07) is 9.66. The molecule has 118 valence electrons. The van der Waals surface area contributed by atoms with Gasteiger partial charge in [-0.15, -0.1) is 0 Å². The zero-order valence-electron chi connectivity index (χ0n) is 13.5. The Labute approximate surface area is 132 Å². The molecular weight excluding hydrogens is 276 g/mol. The third-order valence-electron chi connectivity index (χ3n) is 3.29. The number of aromatic nitrogens is 2. The van der Waals surface area contributed by atoms with Crippen molar-refractivity contribution < 1.29 is 4.74 Å². The van der Waals surface area contributed by atoms with Gasteiger partial charge in [0.2, 0.25) is 5.95 Å². The smallest absolute Gasteiger partial charge is 0.229 e. The van der Waals surface area contributed by atoms with Crippen LogP contribution in [-0.4, -0.2) is 23.6 Å². The molecule has 5 heteroatoms. The van der Waals surface area contributed by atoms with Crippen molar-refractivity contribution in [1.82, 2.24) is 9.97 Å². The number of ether oxygens (including phenoxy) is 1. The lowest BCUT2D eigenvalue weighted by Gasteiger charge is -2.10. The van der Waals surface area contributed by atoms with Crippen LogP contribution in [0.3, 0.4) is 0 Å². The standard InChI is InChI=1S/C17H24N4O/c1-4-5-6-11-18-16-12-13(2)19-17(21-16)20-14-7-9-15(22-3)10-8-14/h7-10,12H,4-6,11H2,1-3H3,(H2,18,19,20,21). The van der Waals surface area contributed by atoms with Crippen molar-refractivity contribution in [2.45, 2.75) is 33.1 Å². The number of benzene rings is 1. The van der Waals surface area contributed by atoms with Gasteiger partial charge in [-0.3, -0.25) is 0 Å². The summed E-state index contributed by atoms with van der Waals surface area (Å²) in [7, 11) is 1.66. The average Bonchev–Trinajstić information content (AvgIpc) is 2.52. The van der Waals surface area contributed by atoms with Crippen molar-refractivity contribution in [1.29, 1.82) is 0 Å². The second-order valence-corrected chi connectivity index (χ2v) is 5.21. The molecule has 0 amide bonds. The second kappa shape index (κ2) is 8.22. The molecule has 0 bridgehead atoms. The highest BCUT2D eigenvalue weighted by atomic mass is 16.5. The number of methoxy groups -OCH3 is 1. The number of rotatable bonds is 8. The Morgan fingerprint density at radius 3 is 2.55 bits per heavy atom. The van der Waals surface area contributed by atoms with E-state index in [1.54, 1.807) is 7.11 Å². The monoisotopic (exact) mass is 300 g/mol. The maximum Gasteiger partial charge on any atom is 0.229 e. The van der Waals surface area contributed by atoms with Gasteiger partial charge in [0.05, 0.1) is 7.11 Å². The van der Waals surface area contributed by atoms with Crippen molar-refractivity contribution in [3.63, 3.8) is 0 Å². The van der Waals surface area contributed by atoms with Gasteiger partial charge in [0, 0.05) is 24.0 Å². The molecule has 0 atom stereocenters. The van der Waals surface area contributed by atoms with Gasteiger partial charge in [-0.05, 0) is 37.6 Å². The van der Waals surface area contributed by atoms with E-state index in [-0.39, 0.29) is 0 Å². The summed E-state index contributed by atoms with van der Waals surface area (Å²) in [5.74, 6) is 2.29. The minimum atomic E-state index is 0.600. The molecule has 5 nitrogen and oxygen atoms in total. The molecule has 2 N–H and O–H groups in total.